The van der Waals surface area contributed by atoms with E-state index in [0.717, 1.165) is 37.7 Å². The van der Waals surface area contributed by atoms with Gasteiger partial charge < -0.3 is 25.1 Å². The first-order valence-electron chi connectivity index (χ1n) is 21.9. The van der Waals surface area contributed by atoms with Crippen molar-refractivity contribution in [2.24, 2.45) is 41.2 Å². The molecule has 0 spiro atoms. The number of halogens is 3. The molecule has 4 unspecified atom stereocenters. The topological polar surface area (TPSA) is 178 Å². The van der Waals surface area contributed by atoms with Crippen LogP contribution < -0.4 is 20.5 Å². The van der Waals surface area contributed by atoms with E-state index in [1.54, 1.807) is 13.2 Å². The zero-order chi connectivity index (χ0) is 44.2. The molecule has 11 nitrogen and oxygen atoms in total. The minimum Gasteiger partial charge on any atom is -0.772 e. The van der Waals surface area contributed by atoms with Gasteiger partial charge in [-0.2, -0.15) is 13.2 Å². The van der Waals surface area contributed by atoms with Crippen molar-refractivity contribution in [2.75, 3.05) is 7.11 Å². The summed E-state index contributed by atoms with van der Waals surface area (Å²) in [6.07, 6.45) is 5.09. The van der Waals surface area contributed by atoms with Crippen LogP contribution >= 0.6 is 0 Å². The number of allylic oxidation sites excluding steroid dienone is 1. The molecule has 2 heterocycles. The van der Waals surface area contributed by atoms with Crippen LogP contribution in [0.2, 0.25) is 0 Å². The number of carbonyl (C=O) groups is 4. The van der Waals surface area contributed by atoms with Crippen molar-refractivity contribution in [1.29, 1.82) is 0 Å². The molecular weight excluding hydrogens is 824 g/mol. The molecule has 62 heavy (non-hydrogen) atoms. The van der Waals surface area contributed by atoms with E-state index in [1.165, 1.54) is 0 Å². The van der Waals surface area contributed by atoms with Crippen LogP contribution in [0.5, 0.6) is 11.5 Å². The maximum Gasteiger partial charge on any atom is 0.391 e. The molecule has 4 aliphatic carbocycles. The average molecular weight is 879 g/mol. The summed E-state index contributed by atoms with van der Waals surface area (Å²) in [5, 5.41) is 3.67. The van der Waals surface area contributed by atoms with Crippen molar-refractivity contribution in [3.05, 3.63) is 66.7 Å². The first-order valence-corrected chi connectivity index (χ1v) is 23.0. The van der Waals surface area contributed by atoms with Crippen molar-refractivity contribution < 1.29 is 50.6 Å². The number of nitrogens with one attached hydrogen (secondary N) is 1. The quantitative estimate of drug-likeness (QED) is 0.159. The average Bonchev–Trinajstić information content (AvgIpc) is 4.19. The number of alkyl halides is 3. The second kappa shape index (κ2) is 19.4. The summed E-state index contributed by atoms with van der Waals surface area (Å²) in [5.41, 5.74) is 6.78. The molecule has 15 heteroatoms. The number of amides is 2. The Kier molecular flexibility index (Phi) is 14.2. The summed E-state index contributed by atoms with van der Waals surface area (Å²) in [7, 11) is 1.57. The number of fused-ring (bicyclic) bond motifs is 3. The highest BCUT2D eigenvalue weighted by atomic mass is 32.2. The van der Waals surface area contributed by atoms with Gasteiger partial charge in [0.25, 0.3) is 0 Å². The first kappa shape index (κ1) is 45.4. The first-order chi connectivity index (χ1) is 29.7. The highest BCUT2D eigenvalue weighted by Gasteiger charge is 2.60. The number of ketones is 2. The van der Waals surface area contributed by atoms with E-state index in [2.05, 4.69) is 5.32 Å². The summed E-state index contributed by atoms with van der Waals surface area (Å²) in [6, 6.07) is 16.9. The normalized spacial score (nSPS) is 30.2. The minimum absolute atomic E-state index is 0.00510. The van der Waals surface area contributed by atoms with Crippen LogP contribution in [0.1, 0.15) is 96.3 Å². The second-order valence-corrected chi connectivity index (χ2v) is 18.9. The number of hydrogen-bond donors (Lipinski definition) is 2. The predicted molar refractivity (Wildman–Crippen MR) is 226 cm³/mol. The zero-order valence-corrected chi connectivity index (χ0v) is 35.7. The van der Waals surface area contributed by atoms with Crippen molar-refractivity contribution in [3.63, 3.8) is 0 Å². The summed E-state index contributed by atoms with van der Waals surface area (Å²) in [5.74, 6) is -5.59. The van der Waals surface area contributed by atoms with E-state index in [1.807, 2.05) is 60.7 Å². The fourth-order valence-electron chi connectivity index (χ4n) is 9.54. The molecule has 0 saturated heterocycles. The van der Waals surface area contributed by atoms with Gasteiger partial charge in [0, 0.05) is 58.4 Å². The van der Waals surface area contributed by atoms with Crippen LogP contribution in [0, 0.1) is 35.5 Å². The number of carbonyl (C=O) groups excluding carboxylic acids is 4. The number of primary amides is 1. The van der Waals surface area contributed by atoms with Gasteiger partial charge in [0.05, 0.1) is 30.2 Å². The fourth-order valence-corrected chi connectivity index (χ4v) is 10.1. The number of pyridine rings is 1. The van der Waals surface area contributed by atoms with E-state index in [4.69, 9.17) is 20.2 Å². The Morgan fingerprint density at radius 3 is 2.39 bits per heavy atom. The molecule has 4 fully saturated rings. The summed E-state index contributed by atoms with van der Waals surface area (Å²) >= 11 is -1.76. The van der Waals surface area contributed by atoms with Gasteiger partial charge in [0.1, 0.15) is 34.7 Å². The van der Waals surface area contributed by atoms with Crippen LogP contribution in [0.3, 0.4) is 0 Å². The van der Waals surface area contributed by atoms with Gasteiger partial charge in [0.2, 0.25) is 11.8 Å². The van der Waals surface area contributed by atoms with Crippen molar-refractivity contribution >= 4 is 45.4 Å². The standard InChI is InChI=1S/C44H50F3N3O6.C3H6O2S/c1-55-31-17-18-33-37(23-31)49-36(26-11-7-5-8-12-26)24-39(33)56-32-21-34-35(22-32)41(53)50-43(42(48)54)25-30(43)15-9-4-2-3-6-13-28(40(34)52)20-38(51)27-14-10-16-29(19-27)44(45,46)47;4-6(5)3-1-2-3/h5,7-9,11-12,15,17-18,23-24,27-30,32,34-35H,2-4,6,10,13-14,16,19-22,25H2,1H3,(H2,48,54)(H,50,53);3H,1-2H2,(H,4,5)/p-1/b15-9-;/t27?,28-,29?,30-,32+,34?,35-,43-;/m1./s1. The minimum atomic E-state index is -4.37. The molecule has 1 aliphatic heterocycles. The smallest absolute Gasteiger partial charge is 0.391 e. The molecule has 334 valence electrons. The van der Waals surface area contributed by atoms with E-state index in [0.29, 0.717) is 60.2 Å². The fraction of sp³-hybridized carbons (Fsp3) is 0.553. The van der Waals surface area contributed by atoms with Gasteiger partial charge >= 0.3 is 6.18 Å². The van der Waals surface area contributed by atoms with E-state index in [-0.39, 0.29) is 54.8 Å². The lowest BCUT2D eigenvalue weighted by molar-refractivity contribution is -0.186. The number of benzene rings is 2. The third-order valence-corrected chi connectivity index (χ3v) is 14.4. The molecule has 2 aromatic carbocycles. The largest absolute Gasteiger partial charge is 0.772 e. The molecule has 5 aliphatic rings. The van der Waals surface area contributed by atoms with Gasteiger partial charge in [-0.15, -0.1) is 0 Å². The van der Waals surface area contributed by atoms with Gasteiger partial charge in [-0.25, -0.2) is 4.98 Å². The molecule has 3 N–H and O–H groups in total. The van der Waals surface area contributed by atoms with Gasteiger partial charge in [0.15, 0.2) is 0 Å². The number of methoxy groups -OCH3 is 1. The Balaban J connectivity index is 0.000000887. The van der Waals surface area contributed by atoms with E-state index in [9.17, 15) is 41.1 Å². The predicted octanol–water partition coefficient (Wildman–Crippen LogP) is 8.11. The molecule has 9 atom stereocenters. The van der Waals surface area contributed by atoms with Crippen molar-refractivity contribution in [1.82, 2.24) is 10.3 Å². The molecule has 0 radical (unpaired) electrons. The maximum absolute atomic E-state index is 14.8. The highest BCUT2D eigenvalue weighted by Crippen LogP contribution is 2.47. The number of nitrogens with zero attached hydrogens (tertiary/aromatic N) is 1. The summed E-state index contributed by atoms with van der Waals surface area (Å²) in [6.45, 7) is 0. The number of nitrogens with two attached hydrogens (primary N) is 1. The van der Waals surface area contributed by atoms with Crippen molar-refractivity contribution in [2.45, 2.75) is 119 Å². The highest BCUT2D eigenvalue weighted by molar-refractivity contribution is 7.80. The summed E-state index contributed by atoms with van der Waals surface area (Å²) in [4.78, 5) is 60.5. The second-order valence-electron chi connectivity index (χ2n) is 17.7. The molecule has 2 amide bonds. The lowest BCUT2D eigenvalue weighted by Gasteiger charge is -2.31. The Hall–Kier alpha value is -4.63. The van der Waals surface area contributed by atoms with Crippen LogP contribution in [0.25, 0.3) is 22.2 Å². The SMILES string of the molecule is COc1ccc2c(O[C@H]3CC4C(=O)[C@@H](CC(=O)C5CCCC(C(F)(F)F)C5)CCCCC/C=C\[C@@H]5C[C@@]5(C(N)=O)NC(=O)[C@@H]4C3)cc(-c3ccccc3)nc2c1.O=S([O-])C1CC1. The Morgan fingerprint density at radius 1 is 0.952 bits per heavy atom. The lowest BCUT2D eigenvalue weighted by Crippen LogP contribution is -2.51. The molecule has 8 rings (SSSR count). The Bertz CT molecular complexity index is 2180. The van der Waals surface area contributed by atoms with E-state index >= 15 is 0 Å². The molecule has 0 bridgehead atoms. The monoisotopic (exact) mass is 878 g/mol. The third kappa shape index (κ3) is 10.8. The number of hydrogen-bond acceptors (Lipinski definition) is 9. The van der Waals surface area contributed by atoms with Gasteiger partial charge in [-0.05, 0) is 82.8 Å². The Morgan fingerprint density at radius 2 is 1.71 bits per heavy atom. The number of rotatable bonds is 9. The third-order valence-electron chi connectivity index (χ3n) is 13.4. The number of Topliss-reactive ketones (excluding diaryl/α,β-unsaturated/α-hetero) is 2. The number of ether oxygens (including phenoxy) is 2. The molecule has 3 aromatic rings. The van der Waals surface area contributed by atoms with Crippen molar-refractivity contribution in [3.8, 4) is 22.8 Å². The number of aromatic nitrogens is 1. The maximum atomic E-state index is 14.8. The van der Waals surface area contributed by atoms with Gasteiger partial charge in [-0.3, -0.25) is 23.4 Å². The van der Waals surface area contributed by atoms with E-state index < -0.39 is 70.3 Å². The van der Waals surface area contributed by atoms with Crippen LogP contribution in [0.4, 0.5) is 13.2 Å². The van der Waals surface area contributed by atoms with Gasteiger partial charge in [-0.1, -0.05) is 72.8 Å². The lowest BCUT2D eigenvalue weighted by atomic mass is 9.74. The summed E-state index contributed by atoms with van der Waals surface area (Å²) < 4.78 is 72.8. The molecular formula is C47H55F3N3O8S-. The Labute approximate surface area is 362 Å². The zero-order valence-electron chi connectivity index (χ0n) is 34.9. The van der Waals surface area contributed by atoms with Crippen LogP contribution in [-0.4, -0.2) is 67.3 Å². The van der Waals surface area contributed by atoms with Crippen LogP contribution in [-0.2, 0) is 30.3 Å². The molecule has 4 saturated carbocycles. The van der Waals surface area contributed by atoms with Crippen LogP contribution in [0.15, 0.2) is 66.7 Å². The molecule has 1 aromatic heterocycles.